The summed E-state index contributed by atoms with van der Waals surface area (Å²) in [5.41, 5.74) is 2.21. The molecule has 0 saturated carbocycles. The Bertz CT molecular complexity index is 863. The molecule has 0 spiro atoms. The molecule has 1 amide bonds. The van der Waals surface area contributed by atoms with Crippen LogP contribution in [0, 0.1) is 6.92 Å². The second kappa shape index (κ2) is 6.47. The average molecular weight is 393 g/mol. The molecule has 0 aliphatic carbocycles. The van der Waals surface area contributed by atoms with Crippen LogP contribution in [0.25, 0.3) is 5.69 Å². The molecule has 0 fully saturated rings. The number of rotatable bonds is 3. The Morgan fingerprint density at radius 3 is 2.70 bits per heavy atom. The van der Waals surface area contributed by atoms with Crippen LogP contribution in [0.2, 0.25) is 5.02 Å². The van der Waals surface area contributed by atoms with Crippen LogP contribution >= 0.6 is 27.5 Å². The van der Waals surface area contributed by atoms with Crippen LogP contribution in [0.3, 0.4) is 0 Å². The molecule has 116 valence electrons. The number of nitrogens with one attached hydrogen (secondary N) is 1. The summed E-state index contributed by atoms with van der Waals surface area (Å²) in [5, 5.41) is 15.0. The summed E-state index contributed by atoms with van der Waals surface area (Å²) in [6, 6.07) is 12.6. The van der Waals surface area contributed by atoms with Crippen molar-refractivity contribution in [1.82, 2.24) is 20.2 Å². The monoisotopic (exact) mass is 391 g/mol. The number of halogens is 2. The number of aryl methyl sites for hydroxylation is 1. The van der Waals surface area contributed by atoms with Crippen molar-refractivity contribution in [2.45, 2.75) is 6.92 Å². The second-order valence-corrected chi connectivity index (χ2v) is 6.14. The van der Waals surface area contributed by atoms with Crippen LogP contribution in [0.15, 0.2) is 46.9 Å². The molecule has 3 aromatic rings. The van der Waals surface area contributed by atoms with Gasteiger partial charge in [-0.05, 0) is 54.1 Å². The van der Waals surface area contributed by atoms with Gasteiger partial charge in [0.2, 0.25) is 0 Å². The average Bonchev–Trinajstić information content (AvgIpc) is 3.02. The Morgan fingerprint density at radius 2 is 1.96 bits per heavy atom. The minimum atomic E-state index is -0.446. The first-order valence-corrected chi connectivity index (χ1v) is 7.83. The summed E-state index contributed by atoms with van der Waals surface area (Å²) in [5.74, 6) is -0.467. The summed E-state index contributed by atoms with van der Waals surface area (Å²) < 4.78 is 0.941. The molecule has 0 aliphatic rings. The minimum Gasteiger partial charge on any atom is -0.319 e. The van der Waals surface area contributed by atoms with Crippen molar-refractivity contribution in [3.63, 3.8) is 0 Å². The lowest BCUT2D eigenvalue weighted by Crippen LogP contribution is -2.15. The number of hydrogen-bond acceptors (Lipinski definition) is 4. The number of carbonyl (C=O) groups excluding carboxylic acids is 1. The zero-order valence-corrected chi connectivity index (χ0v) is 14.3. The van der Waals surface area contributed by atoms with Crippen LogP contribution in [0.1, 0.15) is 16.2 Å². The van der Waals surface area contributed by atoms with Crippen LogP contribution in [-0.4, -0.2) is 26.1 Å². The fraction of sp³-hybridized carbons (Fsp3) is 0.0667. The third-order valence-electron chi connectivity index (χ3n) is 3.12. The van der Waals surface area contributed by atoms with Gasteiger partial charge in [0.1, 0.15) is 0 Å². The maximum absolute atomic E-state index is 12.2. The van der Waals surface area contributed by atoms with E-state index in [0.29, 0.717) is 16.4 Å². The predicted octanol–water partition coefficient (Wildman–Crippen LogP) is 3.64. The van der Waals surface area contributed by atoms with E-state index in [1.54, 1.807) is 12.1 Å². The number of carbonyl (C=O) groups is 1. The molecule has 1 heterocycles. The molecule has 8 heteroatoms. The zero-order valence-electron chi connectivity index (χ0n) is 12.0. The summed E-state index contributed by atoms with van der Waals surface area (Å²) >= 11 is 9.30. The topological polar surface area (TPSA) is 72.7 Å². The molecule has 0 radical (unpaired) electrons. The number of aromatic nitrogens is 4. The van der Waals surface area contributed by atoms with Crippen molar-refractivity contribution >= 4 is 39.1 Å². The molecule has 6 nitrogen and oxygen atoms in total. The van der Waals surface area contributed by atoms with E-state index in [4.69, 9.17) is 11.6 Å². The Kier molecular flexibility index (Phi) is 4.40. The maximum Gasteiger partial charge on any atom is 0.297 e. The van der Waals surface area contributed by atoms with Crippen LogP contribution in [-0.2, 0) is 0 Å². The van der Waals surface area contributed by atoms with Crippen LogP contribution < -0.4 is 5.32 Å². The third kappa shape index (κ3) is 3.57. The lowest BCUT2D eigenvalue weighted by Gasteiger charge is -2.06. The highest BCUT2D eigenvalue weighted by Crippen LogP contribution is 2.20. The van der Waals surface area contributed by atoms with Crippen molar-refractivity contribution < 1.29 is 4.79 Å². The lowest BCUT2D eigenvalue weighted by atomic mass is 10.2. The molecular formula is C15H11BrClN5O. The predicted molar refractivity (Wildman–Crippen MR) is 91.0 cm³/mol. The summed E-state index contributed by atoms with van der Waals surface area (Å²) in [4.78, 5) is 13.5. The summed E-state index contributed by atoms with van der Waals surface area (Å²) in [7, 11) is 0. The number of hydrogen-bond donors (Lipinski definition) is 1. The Hall–Kier alpha value is -2.25. The van der Waals surface area contributed by atoms with Crippen molar-refractivity contribution in [2.75, 3.05) is 5.32 Å². The molecule has 2 aromatic carbocycles. The van der Waals surface area contributed by atoms with Crippen molar-refractivity contribution in [1.29, 1.82) is 0 Å². The van der Waals surface area contributed by atoms with Gasteiger partial charge in [0.25, 0.3) is 11.7 Å². The highest BCUT2D eigenvalue weighted by Gasteiger charge is 2.15. The summed E-state index contributed by atoms with van der Waals surface area (Å²) in [6.07, 6.45) is 0. The van der Waals surface area contributed by atoms with E-state index in [1.807, 2.05) is 37.3 Å². The highest BCUT2D eigenvalue weighted by molar-refractivity contribution is 9.10. The first kappa shape index (κ1) is 15.6. The number of nitrogens with zero attached hydrogens (tertiary/aromatic N) is 4. The number of amides is 1. The van der Waals surface area contributed by atoms with E-state index >= 15 is 0 Å². The van der Waals surface area contributed by atoms with E-state index < -0.39 is 5.91 Å². The van der Waals surface area contributed by atoms with Crippen LogP contribution in [0.5, 0.6) is 0 Å². The lowest BCUT2D eigenvalue weighted by molar-refractivity contribution is 0.101. The van der Waals surface area contributed by atoms with Gasteiger partial charge in [-0.3, -0.25) is 4.79 Å². The van der Waals surface area contributed by atoms with E-state index in [0.717, 1.165) is 10.0 Å². The number of benzene rings is 2. The minimum absolute atomic E-state index is 0.0210. The molecule has 0 saturated heterocycles. The molecule has 3 rings (SSSR count). The van der Waals surface area contributed by atoms with Gasteiger partial charge in [-0.2, -0.15) is 0 Å². The first-order chi connectivity index (χ1) is 11.0. The standard InChI is InChI=1S/C15H11BrClN5O/c1-9-2-5-11(17)8-13(9)18-15(23)14-19-21-22(20-14)12-6-3-10(16)4-7-12/h2-8H,1H3,(H,18,23). The van der Waals surface area contributed by atoms with Gasteiger partial charge in [-0.25, -0.2) is 0 Å². The SMILES string of the molecule is Cc1ccc(Cl)cc1NC(=O)c1nnn(-c2ccc(Br)cc2)n1. The first-order valence-electron chi connectivity index (χ1n) is 6.66. The van der Waals surface area contributed by atoms with Crippen molar-refractivity contribution in [3.8, 4) is 5.69 Å². The largest absolute Gasteiger partial charge is 0.319 e. The van der Waals surface area contributed by atoms with Crippen LogP contribution in [0.4, 0.5) is 5.69 Å². The molecule has 0 aliphatic heterocycles. The van der Waals surface area contributed by atoms with Crippen molar-refractivity contribution in [3.05, 3.63) is 63.3 Å². The molecular weight excluding hydrogens is 382 g/mol. The molecule has 0 atom stereocenters. The van der Waals surface area contributed by atoms with E-state index in [9.17, 15) is 4.79 Å². The fourth-order valence-corrected chi connectivity index (χ4v) is 2.33. The molecule has 0 bridgehead atoms. The van der Waals surface area contributed by atoms with Gasteiger partial charge in [-0.1, -0.05) is 33.6 Å². The Labute approximate surface area is 145 Å². The van der Waals surface area contributed by atoms with Gasteiger partial charge in [0.05, 0.1) is 5.69 Å². The molecule has 1 N–H and O–H groups in total. The molecule has 1 aromatic heterocycles. The molecule has 0 unspecified atom stereocenters. The van der Waals surface area contributed by atoms with Gasteiger partial charge >= 0.3 is 0 Å². The summed E-state index contributed by atoms with van der Waals surface area (Å²) in [6.45, 7) is 1.87. The van der Waals surface area contributed by atoms with E-state index in [-0.39, 0.29) is 5.82 Å². The maximum atomic E-state index is 12.2. The molecule has 23 heavy (non-hydrogen) atoms. The van der Waals surface area contributed by atoms with E-state index in [2.05, 4.69) is 36.7 Å². The second-order valence-electron chi connectivity index (χ2n) is 4.79. The Morgan fingerprint density at radius 1 is 1.22 bits per heavy atom. The number of tetrazole rings is 1. The van der Waals surface area contributed by atoms with Gasteiger partial charge in [0, 0.05) is 15.2 Å². The van der Waals surface area contributed by atoms with Gasteiger partial charge in [-0.15, -0.1) is 15.0 Å². The van der Waals surface area contributed by atoms with Gasteiger partial charge < -0.3 is 5.32 Å². The quantitative estimate of drug-likeness (QED) is 0.738. The number of anilines is 1. The third-order valence-corrected chi connectivity index (χ3v) is 3.89. The smallest absolute Gasteiger partial charge is 0.297 e. The van der Waals surface area contributed by atoms with Gasteiger partial charge in [0.15, 0.2) is 0 Å². The highest BCUT2D eigenvalue weighted by atomic mass is 79.9. The fourth-order valence-electron chi connectivity index (χ4n) is 1.90. The van der Waals surface area contributed by atoms with E-state index in [1.165, 1.54) is 4.80 Å². The normalized spacial score (nSPS) is 10.6. The van der Waals surface area contributed by atoms with Crippen molar-refractivity contribution in [2.24, 2.45) is 0 Å². The Balaban J connectivity index is 1.81. The zero-order chi connectivity index (χ0) is 16.4.